The second-order valence-corrected chi connectivity index (χ2v) is 16.0. The molecule has 0 amide bonds. The minimum atomic E-state index is -2.71. The number of ether oxygens (including phenoxy) is 2. The van der Waals surface area contributed by atoms with E-state index in [-0.39, 0.29) is 11.1 Å². The van der Waals surface area contributed by atoms with Crippen LogP contribution in [0.5, 0.6) is 0 Å². The standard InChI is InChI=1S/C30H38FN3O4Si/c1-29(2,3)39(23-13-6-4-7-14-23,24-15-8-5-9-16-24)36-21-22-12-10-18-30(37-22)19-11-17-26(38-30)34-20-25(31)27(32)33-28(34)35/h4-9,13-16,20,22,26H,10-12,17-19,21H2,1-3H3,(H2,32,33,35)/t22-,26+,30-/m1/s1. The molecule has 0 unspecified atom stereocenters. The Kier molecular flexibility index (Phi) is 7.79. The number of nitrogens with two attached hydrogens (primary N) is 1. The summed E-state index contributed by atoms with van der Waals surface area (Å²) in [4.78, 5) is 16.1. The molecule has 7 nitrogen and oxygen atoms in total. The number of hydrogen-bond donors (Lipinski definition) is 1. The molecule has 9 heteroatoms. The number of benzene rings is 2. The molecule has 1 aromatic heterocycles. The van der Waals surface area contributed by atoms with E-state index in [4.69, 9.17) is 19.6 Å². The van der Waals surface area contributed by atoms with Crippen LogP contribution in [0.25, 0.3) is 0 Å². The average Bonchev–Trinajstić information content (AvgIpc) is 2.92. The predicted octanol–water partition coefficient (Wildman–Crippen LogP) is 4.51. The molecule has 2 aliphatic rings. The van der Waals surface area contributed by atoms with E-state index in [1.54, 1.807) is 0 Å². The van der Waals surface area contributed by atoms with E-state index in [2.05, 4.69) is 74.3 Å². The van der Waals surface area contributed by atoms with Crippen molar-refractivity contribution in [2.45, 2.75) is 82.5 Å². The lowest BCUT2D eigenvalue weighted by atomic mass is 9.94. The van der Waals surface area contributed by atoms with Gasteiger partial charge in [-0.15, -0.1) is 0 Å². The maximum absolute atomic E-state index is 14.2. The van der Waals surface area contributed by atoms with Gasteiger partial charge < -0.3 is 19.6 Å². The first kappa shape index (κ1) is 27.7. The molecule has 2 aromatic carbocycles. The van der Waals surface area contributed by atoms with E-state index in [0.717, 1.165) is 25.5 Å². The topological polar surface area (TPSA) is 88.6 Å². The van der Waals surface area contributed by atoms with Gasteiger partial charge in [-0.25, -0.2) is 9.18 Å². The Balaban J connectivity index is 1.39. The van der Waals surface area contributed by atoms with Crippen molar-refractivity contribution >= 4 is 24.5 Å². The third kappa shape index (κ3) is 5.45. The molecule has 39 heavy (non-hydrogen) atoms. The Morgan fingerprint density at radius 2 is 1.62 bits per heavy atom. The Bertz CT molecular complexity index is 1290. The van der Waals surface area contributed by atoms with Crippen molar-refractivity contribution in [1.82, 2.24) is 9.55 Å². The van der Waals surface area contributed by atoms with Crippen LogP contribution in [0.3, 0.4) is 0 Å². The zero-order valence-corrected chi connectivity index (χ0v) is 23.9. The molecule has 1 spiro atoms. The van der Waals surface area contributed by atoms with Crippen molar-refractivity contribution < 1.29 is 18.3 Å². The molecular formula is C30H38FN3O4Si. The van der Waals surface area contributed by atoms with E-state index in [9.17, 15) is 9.18 Å². The minimum Gasteiger partial charge on any atom is -0.405 e. The number of nitrogen functional groups attached to an aromatic ring is 1. The SMILES string of the molecule is CC(C)(C)[Si](OC[C@H]1CCC[C@@]2(CCC[C@@H](n3cc(F)c(N)nc3=O)O2)O1)(c1ccccc1)c1ccccc1. The molecule has 5 rings (SSSR count). The third-order valence-corrected chi connectivity index (χ3v) is 13.0. The zero-order chi connectivity index (χ0) is 27.7. The largest absolute Gasteiger partial charge is 0.405 e. The predicted molar refractivity (Wildman–Crippen MR) is 152 cm³/mol. The van der Waals surface area contributed by atoms with Gasteiger partial charge >= 0.3 is 5.69 Å². The normalized spacial score (nSPS) is 24.1. The van der Waals surface area contributed by atoms with Crippen molar-refractivity contribution in [2.24, 2.45) is 0 Å². The van der Waals surface area contributed by atoms with Gasteiger partial charge in [-0.3, -0.25) is 4.57 Å². The van der Waals surface area contributed by atoms with Crippen molar-refractivity contribution in [1.29, 1.82) is 0 Å². The van der Waals surface area contributed by atoms with Gasteiger partial charge in [-0.2, -0.15) is 4.98 Å². The summed E-state index contributed by atoms with van der Waals surface area (Å²) in [5, 5.41) is 2.31. The van der Waals surface area contributed by atoms with Crippen LogP contribution >= 0.6 is 0 Å². The van der Waals surface area contributed by atoms with Crippen LogP contribution in [0.1, 0.15) is 65.5 Å². The van der Waals surface area contributed by atoms with Crippen molar-refractivity contribution in [2.75, 3.05) is 12.3 Å². The van der Waals surface area contributed by atoms with E-state index < -0.39 is 37.7 Å². The third-order valence-electron chi connectivity index (χ3n) is 7.97. The molecule has 2 saturated heterocycles. The van der Waals surface area contributed by atoms with E-state index in [1.165, 1.54) is 14.9 Å². The molecule has 0 saturated carbocycles. The van der Waals surface area contributed by atoms with Gasteiger partial charge in [0.1, 0.15) is 6.23 Å². The molecule has 3 aromatic rings. The van der Waals surface area contributed by atoms with Crippen LogP contribution in [0.2, 0.25) is 5.04 Å². The lowest BCUT2D eigenvalue weighted by Gasteiger charge is -2.47. The fourth-order valence-electron chi connectivity index (χ4n) is 6.16. The summed E-state index contributed by atoms with van der Waals surface area (Å²) in [5.74, 6) is -1.99. The Morgan fingerprint density at radius 3 is 2.21 bits per heavy atom. The van der Waals surface area contributed by atoms with Gasteiger partial charge in [0.2, 0.25) is 0 Å². The summed E-state index contributed by atoms with van der Waals surface area (Å²) in [5.41, 5.74) is 4.85. The van der Waals surface area contributed by atoms with Gasteiger partial charge in [0.05, 0.1) is 18.9 Å². The van der Waals surface area contributed by atoms with Gasteiger partial charge in [0.25, 0.3) is 8.32 Å². The van der Waals surface area contributed by atoms with Gasteiger partial charge in [-0.1, -0.05) is 81.4 Å². The van der Waals surface area contributed by atoms with Crippen molar-refractivity contribution in [3.8, 4) is 0 Å². The van der Waals surface area contributed by atoms with Crippen LogP contribution in [0, 0.1) is 5.82 Å². The van der Waals surface area contributed by atoms with Crippen molar-refractivity contribution in [3.05, 3.63) is 83.2 Å². The molecule has 2 aliphatic heterocycles. The zero-order valence-electron chi connectivity index (χ0n) is 22.9. The molecule has 0 radical (unpaired) electrons. The van der Waals surface area contributed by atoms with Crippen LogP contribution < -0.4 is 21.8 Å². The second kappa shape index (κ2) is 11.0. The second-order valence-electron chi connectivity index (χ2n) is 11.6. The molecular weight excluding hydrogens is 513 g/mol. The van der Waals surface area contributed by atoms with E-state index in [1.807, 2.05) is 12.1 Å². The number of hydrogen-bond acceptors (Lipinski definition) is 6. The number of rotatable bonds is 6. The number of halogens is 1. The molecule has 3 heterocycles. The summed E-state index contributed by atoms with van der Waals surface area (Å²) >= 11 is 0. The van der Waals surface area contributed by atoms with Crippen LogP contribution in [0.15, 0.2) is 71.7 Å². The maximum atomic E-state index is 14.2. The summed E-state index contributed by atoms with van der Waals surface area (Å²) in [6.45, 7) is 7.21. The summed E-state index contributed by atoms with van der Waals surface area (Å²) in [6, 6.07) is 21.1. The first-order valence-corrected chi connectivity index (χ1v) is 15.7. The van der Waals surface area contributed by atoms with E-state index >= 15 is 0 Å². The lowest BCUT2D eigenvalue weighted by molar-refractivity contribution is -0.330. The minimum absolute atomic E-state index is 0.137. The summed E-state index contributed by atoms with van der Waals surface area (Å²) in [6.07, 6.45) is 4.78. The van der Waals surface area contributed by atoms with Crippen LogP contribution in [-0.4, -0.2) is 36.4 Å². The Labute approximate surface area is 230 Å². The highest BCUT2D eigenvalue weighted by Crippen LogP contribution is 2.43. The Morgan fingerprint density at radius 1 is 1.03 bits per heavy atom. The average molecular weight is 552 g/mol. The molecule has 0 aliphatic carbocycles. The lowest BCUT2D eigenvalue weighted by Crippen LogP contribution is -2.67. The molecule has 2 fully saturated rings. The maximum Gasteiger partial charge on any atom is 0.351 e. The monoisotopic (exact) mass is 551 g/mol. The highest BCUT2D eigenvalue weighted by molar-refractivity contribution is 6.99. The number of nitrogens with zero attached hydrogens (tertiary/aromatic N) is 2. The molecule has 0 bridgehead atoms. The highest BCUT2D eigenvalue weighted by Gasteiger charge is 2.51. The van der Waals surface area contributed by atoms with Crippen LogP contribution in [-0.2, 0) is 13.9 Å². The fourth-order valence-corrected chi connectivity index (χ4v) is 10.8. The van der Waals surface area contributed by atoms with Crippen LogP contribution in [0.4, 0.5) is 10.2 Å². The van der Waals surface area contributed by atoms with Crippen molar-refractivity contribution in [3.63, 3.8) is 0 Å². The van der Waals surface area contributed by atoms with E-state index in [0.29, 0.717) is 25.9 Å². The fraction of sp³-hybridized carbons (Fsp3) is 0.467. The smallest absolute Gasteiger partial charge is 0.351 e. The number of anilines is 1. The molecule has 208 valence electrons. The van der Waals surface area contributed by atoms with Gasteiger partial charge in [0.15, 0.2) is 17.4 Å². The first-order valence-electron chi connectivity index (χ1n) is 13.8. The molecule has 3 atom stereocenters. The first-order chi connectivity index (χ1) is 18.6. The quantitative estimate of drug-likeness (QED) is 0.454. The highest BCUT2D eigenvalue weighted by atomic mass is 28.4. The van der Waals surface area contributed by atoms with Gasteiger partial charge in [-0.05, 0) is 41.1 Å². The number of aromatic nitrogens is 2. The summed E-state index contributed by atoms with van der Waals surface area (Å²) < 4.78 is 35.6. The molecule has 2 N–H and O–H groups in total. The van der Waals surface area contributed by atoms with Gasteiger partial charge in [0, 0.05) is 12.8 Å². The summed E-state index contributed by atoms with van der Waals surface area (Å²) in [7, 11) is -2.71. The Hall–Kier alpha value is -2.85.